The topological polar surface area (TPSA) is 88.1 Å². The lowest BCUT2D eigenvalue weighted by atomic mass is 10.1. The molecule has 4 aromatic carbocycles. The number of hydrazone groups is 1. The summed E-state index contributed by atoms with van der Waals surface area (Å²) in [5.74, 6) is -0.790. The van der Waals surface area contributed by atoms with Gasteiger partial charge in [-0.05, 0) is 52.9 Å². The highest BCUT2D eigenvalue weighted by atomic mass is 16.5. The number of carbonyl (C=O) groups excluding carboxylic acids is 3. The van der Waals surface area contributed by atoms with E-state index in [4.69, 9.17) is 0 Å². The largest absolute Gasteiger partial charge is 0.465 e. The van der Waals surface area contributed by atoms with Gasteiger partial charge in [-0.15, -0.1) is 0 Å². The number of esters is 1. The van der Waals surface area contributed by atoms with E-state index in [2.05, 4.69) is 15.3 Å². The van der Waals surface area contributed by atoms with Crippen LogP contribution in [0.1, 0.15) is 42.2 Å². The van der Waals surface area contributed by atoms with Gasteiger partial charge in [0.15, 0.2) is 0 Å². The highest BCUT2D eigenvalue weighted by molar-refractivity contribution is 6.24. The van der Waals surface area contributed by atoms with Crippen molar-refractivity contribution in [1.82, 2.24) is 5.43 Å². The second kappa shape index (κ2) is 9.23. The minimum atomic E-state index is -0.416. The van der Waals surface area contributed by atoms with Gasteiger partial charge in [0.2, 0.25) is 0 Å². The van der Waals surface area contributed by atoms with Crippen LogP contribution in [-0.4, -0.2) is 31.1 Å². The molecule has 1 heterocycles. The number of hydrogen-bond acceptors (Lipinski definition) is 5. The molecule has 0 fully saturated rings. The highest BCUT2D eigenvalue weighted by Gasteiger charge is 2.29. The molecule has 1 aliphatic rings. The number of nitrogens with zero attached hydrogens (tertiary/aromatic N) is 2. The molecule has 0 radical (unpaired) electrons. The summed E-state index contributed by atoms with van der Waals surface area (Å²) in [7, 11) is 1.32. The fourth-order valence-electron chi connectivity index (χ4n) is 4.13. The van der Waals surface area contributed by atoms with Crippen LogP contribution in [0.15, 0.2) is 90.0 Å². The molecule has 5 rings (SSSR count). The van der Waals surface area contributed by atoms with Crippen molar-refractivity contribution in [2.75, 3.05) is 12.0 Å². The standard InChI is InChI=1S/C28H21N3O4/c1-35-28(34)22-14-8-18(9-15-22)16-29-30-26(32)21-12-10-19(11-13-21)17-31-24-7-3-5-20-4-2-6-23(25(20)24)27(31)33/h2-16H,17H2,1H3,(H,30,32). The molecule has 35 heavy (non-hydrogen) atoms. The van der Waals surface area contributed by atoms with Gasteiger partial charge in [-0.25, -0.2) is 10.2 Å². The molecule has 7 heteroatoms. The molecule has 0 unspecified atom stereocenters. The van der Waals surface area contributed by atoms with E-state index in [0.29, 0.717) is 23.2 Å². The lowest BCUT2D eigenvalue weighted by molar-refractivity contribution is 0.0600. The van der Waals surface area contributed by atoms with Crippen molar-refractivity contribution < 1.29 is 19.1 Å². The summed E-state index contributed by atoms with van der Waals surface area (Å²) in [5, 5.41) is 6.00. The van der Waals surface area contributed by atoms with E-state index >= 15 is 0 Å². The van der Waals surface area contributed by atoms with E-state index in [-0.39, 0.29) is 11.8 Å². The van der Waals surface area contributed by atoms with Crippen molar-refractivity contribution in [3.05, 3.63) is 113 Å². The van der Waals surface area contributed by atoms with Gasteiger partial charge in [0.05, 0.1) is 31.1 Å². The monoisotopic (exact) mass is 463 g/mol. The van der Waals surface area contributed by atoms with Gasteiger partial charge >= 0.3 is 5.97 Å². The molecule has 0 saturated carbocycles. The maximum atomic E-state index is 13.0. The third kappa shape index (κ3) is 4.27. The number of carbonyl (C=O) groups is 3. The van der Waals surface area contributed by atoms with E-state index in [1.807, 2.05) is 48.5 Å². The SMILES string of the molecule is COC(=O)c1ccc(C=NNC(=O)c2ccc(CN3C(=O)c4cccc5cccc3c45)cc2)cc1. The zero-order chi connectivity index (χ0) is 24.4. The Balaban J connectivity index is 1.23. The predicted molar refractivity (Wildman–Crippen MR) is 134 cm³/mol. The van der Waals surface area contributed by atoms with Crippen molar-refractivity contribution in [2.45, 2.75) is 6.54 Å². The van der Waals surface area contributed by atoms with Gasteiger partial charge in [0, 0.05) is 16.5 Å². The van der Waals surface area contributed by atoms with Gasteiger partial charge < -0.3 is 9.64 Å². The Bertz CT molecular complexity index is 1470. The fraction of sp³-hybridized carbons (Fsp3) is 0.0714. The first-order valence-corrected chi connectivity index (χ1v) is 11.0. The van der Waals surface area contributed by atoms with Crippen molar-refractivity contribution in [2.24, 2.45) is 5.10 Å². The van der Waals surface area contributed by atoms with E-state index in [1.54, 1.807) is 41.3 Å². The number of rotatable bonds is 6. The summed E-state index contributed by atoms with van der Waals surface area (Å²) in [6.07, 6.45) is 1.49. The number of anilines is 1. The van der Waals surface area contributed by atoms with Gasteiger partial charge in [-0.2, -0.15) is 5.10 Å². The van der Waals surface area contributed by atoms with Crippen LogP contribution < -0.4 is 10.3 Å². The van der Waals surface area contributed by atoms with Crippen LogP contribution in [0.25, 0.3) is 10.8 Å². The Morgan fingerprint density at radius 2 is 1.60 bits per heavy atom. The molecule has 4 aromatic rings. The van der Waals surface area contributed by atoms with Crippen LogP contribution in [0.4, 0.5) is 5.69 Å². The van der Waals surface area contributed by atoms with Gasteiger partial charge in [0.1, 0.15) is 0 Å². The maximum absolute atomic E-state index is 13.0. The molecular formula is C28H21N3O4. The number of methoxy groups -OCH3 is 1. The lowest BCUT2D eigenvalue weighted by Gasteiger charge is -2.18. The Morgan fingerprint density at radius 3 is 2.31 bits per heavy atom. The average molecular weight is 463 g/mol. The van der Waals surface area contributed by atoms with Crippen LogP contribution in [0.3, 0.4) is 0 Å². The molecule has 1 aliphatic heterocycles. The number of hydrogen-bond donors (Lipinski definition) is 1. The van der Waals surface area contributed by atoms with E-state index < -0.39 is 5.97 Å². The van der Waals surface area contributed by atoms with Crippen LogP contribution in [0.2, 0.25) is 0 Å². The molecule has 0 spiro atoms. The van der Waals surface area contributed by atoms with Gasteiger partial charge in [0.25, 0.3) is 11.8 Å². The van der Waals surface area contributed by atoms with Crippen molar-refractivity contribution in [3.8, 4) is 0 Å². The average Bonchev–Trinajstić information content (AvgIpc) is 3.17. The van der Waals surface area contributed by atoms with Gasteiger partial charge in [-0.3, -0.25) is 9.59 Å². The molecule has 0 aliphatic carbocycles. The summed E-state index contributed by atoms with van der Waals surface area (Å²) in [6.45, 7) is 0.411. The molecule has 7 nitrogen and oxygen atoms in total. The molecule has 0 saturated heterocycles. The quantitative estimate of drug-likeness (QED) is 0.258. The van der Waals surface area contributed by atoms with Crippen LogP contribution >= 0.6 is 0 Å². The van der Waals surface area contributed by atoms with Crippen LogP contribution in [0.5, 0.6) is 0 Å². The first kappa shape index (κ1) is 22.0. The first-order chi connectivity index (χ1) is 17.0. The van der Waals surface area contributed by atoms with Gasteiger partial charge in [-0.1, -0.05) is 48.5 Å². The first-order valence-electron chi connectivity index (χ1n) is 11.0. The Labute approximate surface area is 201 Å². The second-order valence-corrected chi connectivity index (χ2v) is 8.08. The third-order valence-electron chi connectivity index (χ3n) is 5.92. The van der Waals surface area contributed by atoms with E-state index in [0.717, 1.165) is 27.6 Å². The zero-order valence-electron chi connectivity index (χ0n) is 18.9. The van der Waals surface area contributed by atoms with Crippen LogP contribution in [0, 0.1) is 0 Å². The Hall–Kier alpha value is -4.78. The molecule has 0 bridgehead atoms. The van der Waals surface area contributed by atoms with Crippen molar-refractivity contribution >= 4 is 40.5 Å². The molecular weight excluding hydrogens is 442 g/mol. The minimum Gasteiger partial charge on any atom is -0.465 e. The summed E-state index contributed by atoms with van der Waals surface area (Å²) < 4.78 is 4.67. The van der Waals surface area contributed by atoms with E-state index in [9.17, 15) is 14.4 Å². The highest BCUT2D eigenvalue weighted by Crippen LogP contribution is 2.37. The summed E-state index contributed by atoms with van der Waals surface area (Å²) in [6, 6.07) is 25.4. The lowest BCUT2D eigenvalue weighted by Crippen LogP contribution is -2.26. The predicted octanol–water partition coefficient (Wildman–Crippen LogP) is 4.55. The minimum absolute atomic E-state index is 0.0208. The third-order valence-corrected chi connectivity index (χ3v) is 5.92. The van der Waals surface area contributed by atoms with Crippen LogP contribution in [-0.2, 0) is 11.3 Å². The normalized spacial score (nSPS) is 12.4. The molecule has 0 aromatic heterocycles. The van der Waals surface area contributed by atoms with Crippen molar-refractivity contribution in [1.29, 1.82) is 0 Å². The Kier molecular flexibility index (Phi) is 5.81. The second-order valence-electron chi connectivity index (χ2n) is 8.08. The number of nitrogens with one attached hydrogen (secondary N) is 1. The molecule has 172 valence electrons. The smallest absolute Gasteiger partial charge is 0.337 e. The summed E-state index contributed by atoms with van der Waals surface area (Å²) in [4.78, 5) is 38.7. The summed E-state index contributed by atoms with van der Waals surface area (Å²) >= 11 is 0. The molecule has 0 atom stereocenters. The van der Waals surface area contributed by atoms with Crippen molar-refractivity contribution in [3.63, 3.8) is 0 Å². The zero-order valence-corrected chi connectivity index (χ0v) is 18.9. The fourth-order valence-corrected chi connectivity index (χ4v) is 4.13. The summed E-state index contributed by atoms with van der Waals surface area (Å²) in [5.41, 5.74) is 6.63. The number of ether oxygens (including phenoxy) is 1. The van der Waals surface area contributed by atoms with E-state index in [1.165, 1.54) is 13.3 Å². The Morgan fingerprint density at radius 1 is 0.914 bits per heavy atom. The number of benzene rings is 4. The number of amides is 2. The maximum Gasteiger partial charge on any atom is 0.337 e. The molecule has 2 amide bonds. The molecule has 1 N–H and O–H groups in total.